The van der Waals surface area contributed by atoms with Crippen LogP contribution in [0.4, 0.5) is 0 Å². The van der Waals surface area contributed by atoms with Crippen LogP contribution in [0.5, 0.6) is 0 Å². The predicted octanol–water partition coefficient (Wildman–Crippen LogP) is 1.69. The van der Waals surface area contributed by atoms with Crippen LogP contribution >= 0.6 is 0 Å². The molecule has 0 saturated heterocycles. The van der Waals surface area contributed by atoms with Gasteiger partial charge in [-0.05, 0) is 18.6 Å². The largest absolute Gasteiger partial charge is 0.386 e. The quantitative estimate of drug-likeness (QED) is 0.663. The Morgan fingerprint density at radius 3 is 3.00 bits per heavy atom. The Balaban J connectivity index is 2.68. The lowest BCUT2D eigenvalue weighted by Gasteiger charge is -2.05. The fourth-order valence-electron chi connectivity index (χ4n) is 0.852. The molecule has 0 aliphatic carbocycles. The summed E-state index contributed by atoms with van der Waals surface area (Å²) in [6.45, 7) is 3.54. The minimum absolute atomic E-state index is 0.506. The van der Waals surface area contributed by atoms with Crippen molar-refractivity contribution in [3.63, 3.8) is 0 Å². The van der Waals surface area contributed by atoms with E-state index in [4.69, 9.17) is 0 Å². The molecular weight excluding hydrogens is 138 g/mol. The predicted molar refractivity (Wildman–Crippen MR) is 44.0 cm³/mol. The molecule has 1 rings (SSSR count). The van der Waals surface area contributed by atoms with Crippen LogP contribution in [0, 0.1) is 0 Å². The number of rotatable bonds is 3. The van der Waals surface area contributed by atoms with Gasteiger partial charge >= 0.3 is 0 Å². The first-order valence-corrected chi connectivity index (χ1v) is 3.54. The summed E-state index contributed by atoms with van der Waals surface area (Å²) in [6, 6.07) is 5.48. The minimum atomic E-state index is -0.506. The second-order valence-electron chi connectivity index (χ2n) is 2.29. The summed E-state index contributed by atoms with van der Waals surface area (Å²) in [5.74, 6) is 0. The van der Waals surface area contributed by atoms with Crippen molar-refractivity contribution >= 4 is 0 Å². The molecule has 2 heteroatoms. The molecule has 1 atom stereocenters. The van der Waals surface area contributed by atoms with Crippen LogP contribution in [0.2, 0.25) is 0 Å². The lowest BCUT2D eigenvalue weighted by molar-refractivity contribution is 0.177. The van der Waals surface area contributed by atoms with E-state index in [1.165, 1.54) is 0 Å². The Hall–Kier alpha value is -1.15. The number of aliphatic hydroxyl groups excluding tert-OH is 1. The lowest BCUT2D eigenvalue weighted by Crippen LogP contribution is -1.97. The average Bonchev–Trinajstić information content (AvgIpc) is 2.07. The van der Waals surface area contributed by atoms with Gasteiger partial charge in [-0.15, -0.1) is 6.58 Å². The molecule has 0 amide bonds. The number of nitrogens with zero attached hydrogens (tertiary/aromatic N) is 1. The standard InChI is InChI=1S/C9H11NO/c1-2-5-9(11)8-6-3-4-7-10-8/h2-4,6-7,9,11H,1,5H2/t9-/m0/s1. The van der Waals surface area contributed by atoms with Crippen molar-refractivity contribution in [3.05, 3.63) is 42.7 Å². The maximum absolute atomic E-state index is 9.39. The third-order valence-corrected chi connectivity index (χ3v) is 1.42. The molecule has 0 bridgehead atoms. The molecule has 0 aliphatic rings. The highest BCUT2D eigenvalue weighted by atomic mass is 16.3. The lowest BCUT2D eigenvalue weighted by atomic mass is 10.2. The van der Waals surface area contributed by atoms with Gasteiger partial charge in [0.1, 0.15) is 0 Å². The van der Waals surface area contributed by atoms with Gasteiger partial charge in [-0.3, -0.25) is 4.98 Å². The topological polar surface area (TPSA) is 33.1 Å². The summed E-state index contributed by atoms with van der Waals surface area (Å²) < 4.78 is 0. The van der Waals surface area contributed by atoms with Crippen molar-refractivity contribution in [1.29, 1.82) is 0 Å². The van der Waals surface area contributed by atoms with E-state index in [1.54, 1.807) is 18.3 Å². The SMILES string of the molecule is C=CC[C@H](O)c1ccccn1. The third kappa shape index (κ3) is 2.16. The first-order valence-electron chi connectivity index (χ1n) is 3.54. The van der Waals surface area contributed by atoms with Crippen molar-refractivity contribution in [1.82, 2.24) is 4.98 Å². The van der Waals surface area contributed by atoms with Crippen LogP contribution < -0.4 is 0 Å². The molecule has 0 fully saturated rings. The Bertz CT molecular complexity index is 220. The summed E-state index contributed by atoms with van der Waals surface area (Å²) in [7, 11) is 0. The zero-order valence-corrected chi connectivity index (χ0v) is 6.27. The summed E-state index contributed by atoms with van der Waals surface area (Å²) >= 11 is 0. The van der Waals surface area contributed by atoms with E-state index in [0.29, 0.717) is 12.1 Å². The molecule has 0 aromatic carbocycles. The highest BCUT2D eigenvalue weighted by Gasteiger charge is 2.03. The van der Waals surface area contributed by atoms with Crippen molar-refractivity contribution < 1.29 is 5.11 Å². The molecule has 1 aromatic rings. The van der Waals surface area contributed by atoms with Gasteiger partial charge in [-0.2, -0.15) is 0 Å². The smallest absolute Gasteiger partial charge is 0.0993 e. The number of hydrogen-bond donors (Lipinski definition) is 1. The van der Waals surface area contributed by atoms with Crippen molar-refractivity contribution in [3.8, 4) is 0 Å². The van der Waals surface area contributed by atoms with E-state index in [2.05, 4.69) is 11.6 Å². The summed E-state index contributed by atoms with van der Waals surface area (Å²) in [4.78, 5) is 4.00. The van der Waals surface area contributed by atoms with E-state index < -0.39 is 6.10 Å². The maximum Gasteiger partial charge on any atom is 0.0993 e. The van der Waals surface area contributed by atoms with E-state index in [9.17, 15) is 5.11 Å². The van der Waals surface area contributed by atoms with Crippen molar-refractivity contribution in [2.24, 2.45) is 0 Å². The van der Waals surface area contributed by atoms with Gasteiger partial charge in [0.15, 0.2) is 0 Å². The fraction of sp³-hybridized carbons (Fsp3) is 0.222. The van der Waals surface area contributed by atoms with Gasteiger partial charge < -0.3 is 5.11 Å². The van der Waals surface area contributed by atoms with Crippen LogP contribution in [0.3, 0.4) is 0 Å². The third-order valence-electron chi connectivity index (χ3n) is 1.42. The zero-order chi connectivity index (χ0) is 8.10. The van der Waals surface area contributed by atoms with Crippen LogP contribution in [0.1, 0.15) is 18.2 Å². The van der Waals surface area contributed by atoms with Gasteiger partial charge in [-0.25, -0.2) is 0 Å². The number of hydrogen-bond acceptors (Lipinski definition) is 2. The Labute approximate surface area is 66.2 Å². The van der Waals surface area contributed by atoms with Crippen molar-refractivity contribution in [2.45, 2.75) is 12.5 Å². The van der Waals surface area contributed by atoms with Crippen molar-refractivity contribution in [2.75, 3.05) is 0 Å². The normalized spacial score (nSPS) is 12.5. The molecule has 0 radical (unpaired) electrons. The minimum Gasteiger partial charge on any atom is -0.386 e. The van der Waals surface area contributed by atoms with Gasteiger partial charge in [0.25, 0.3) is 0 Å². The highest BCUT2D eigenvalue weighted by Crippen LogP contribution is 2.12. The first-order chi connectivity index (χ1) is 5.34. The second kappa shape index (κ2) is 3.88. The molecule has 58 valence electrons. The second-order valence-corrected chi connectivity index (χ2v) is 2.29. The molecule has 0 unspecified atom stereocenters. The molecule has 0 saturated carbocycles. The average molecular weight is 149 g/mol. The monoisotopic (exact) mass is 149 g/mol. The summed E-state index contributed by atoms with van der Waals surface area (Å²) in [5.41, 5.74) is 0.701. The number of pyridine rings is 1. The van der Waals surface area contributed by atoms with Crippen LogP contribution in [0.25, 0.3) is 0 Å². The number of aliphatic hydroxyl groups is 1. The van der Waals surface area contributed by atoms with Gasteiger partial charge in [-0.1, -0.05) is 12.1 Å². The Morgan fingerprint density at radius 2 is 2.45 bits per heavy atom. The molecule has 0 aliphatic heterocycles. The van der Waals surface area contributed by atoms with E-state index in [-0.39, 0.29) is 0 Å². The van der Waals surface area contributed by atoms with E-state index in [1.807, 2.05) is 12.1 Å². The molecule has 2 nitrogen and oxygen atoms in total. The Morgan fingerprint density at radius 1 is 1.64 bits per heavy atom. The van der Waals surface area contributed by atoms with Crippen LogP contribution in [-0.2, 0) is 0 Å². The van der Waals surface area contributed by atoms with E-state index >= 15 is 0 Å². The fourth-order valence-corrected chi connectivity index (χ4v) is 0.852. The molecular formula is C9H11NO. The zero-order valence-electron chi connectivity index (χ0n) is 6.27. The van der Waals surface area contributed by atoms with Crippen LogP contribution in [0.15, 0.2) is 37.1 Å². The highest BCUT2D eigenvalue weighted by molar-refractivity contribution is 5.07. The maximum atomic E-state index is 9.39. The summed E-state index contributed by atoms with van der Waals surface area (Å²) in [6.07, 6.45) is 3.39. The van der Waals surface area contributed by atoms with Crippen LogP contribution in [-0.4, -0.2) is 10.1 Å². The van der Waals surface area contributed by atoms with Gasteiger partial charge in [0, 0.05) is 6.20 Å². The Kier molecular flexibility index (Phi) is 2.81. The molecule has 1 N–H and O–H groups in total. The number of aromatic nitrogens is 1. The molecule has 11 heavy (non-hydrogen) atoms. The van der Waals surface area contributed by atoms with Gasteiger partial charge in [0.05, 0.1) is 11.8 Å². The van der Waals surface area contributed by atoms with Gasteiger partial charge in [0.2, 0.25) is 0 Å². The molecule has 1 heterocycles. The van der Waals surface area contributed by atoms with E-state index in [0.717, 1.165) is 0 Å². The molecule has 1 aromatic heterocycles. The summed E-state index contributed by atoms with van der Waals surface area (Å²) in [5, 5.41) is 9.39. The first kappa shape index (κ1) is 7.95. The molecule has 0 spiro atoms.